The van der Waals surface area contributed by atoms with Gasteiger partial charge in [-0.1, -0.05) is 0 Å². The van der Waals surface area contributed by atoms with Crippen molar-refractivity contribution >= 4 is 21.6 Å². The van der Waals surface area contributed by atoms with E-state index in [4.69, 9.17) is 5.73 Å². The topological polar surface area (TPSA) is 42.1 Å². The summed E-state index contributed by atoms with van der Waals surface area (Å²) >= 11 is 3.49. The minimum absolute atomic E-state index is 0.442. The molecule has 1 aromatic rings. The van der Waals surface area contributed by atoms with Crippen LogP contribution in [-0.2, 0) is 0 Å². The first kappa shape index (κ1) is 11.5. The Kier molecular flexibility index (Phi) is 4.35. The van der Waals surface area contributed by atoms with Gasteiger partial charge in [0.05, 0.1) is 10.2 Å². The number of hydrogen-bond acceptors (Lipinski definition) is 3. The highest BCUT2D eigenvalue weighted by atomic mass is 79.9. The quantitative estimate of drug-likeness (QED) is 0.898. The summed E-state index contributed by atoms with van der Waals surface area (Å²) in [5, 5.41) is 0. The lowest BCUT2D eigenvalue weighted by Crippen LogP contribution is -2.35. The largest absolute Gasteiger partial charge is 0.367 e. The lowest BCUT2D eigenvalue weighted by molar-refractivity contribution is 0.682. The van der Waals surface area contributed by atoms with Crippen LogP contribution in [0.25, 0.3) is 0 Å². The molecule has 4 heteroatoms. The molecule has 0 saturated heterocycles. The van der Waals surface area contributed by atoms with Gasteiger partial charge in [0.25, 0.3) is 0 Å². The van der Waals surface area contributed by atoms with E-state index in [2.05, 4.69) is 39.7 Å². The summed E-state index contributed by atoms with van der Waals surface area (Å²) in [6.45, 7) is 5.83. The summed E-state index contributed by atoms with van der Waals surface area (Å²) in [7, 11) is 0. The van der Waals surface area contributed by atoms with Crippen molar-refractivity contribution in [2.75, 3.05) is 18.0 Å². The fraction of sp³-hybridized carbons (Fsp3) is 0.500. The van der Waals surface area contributed by atoms with E-state index < -0.39 is 0 Å². The summed E-state index contributed by atoms with van der Waals surface area (Å²) in [4.78, 5) is 6.30. The van der Waals surface area contributed by atoms with Crippen molar-refractivity contribution in [3.8, 4) is 0 Å². The Labute approximate surface area is 93.4 Å². The lowest BCUT2D eigenvalue weighted by Gasteiger charge is -2.29. The van der Waals surface area contributed by atoms with Crippen LogP contribution in [0.15, 0.2) is 22.9 Å². The molecule has 0 aliphatic carbocycles. The molecule has 0 aliphatic heterocycles. The van der Waals surface area contributed by atoms with Crippen molar-refractivity contribution in [1.29, 1.82) is 0 Å². The van der Waals surface area contributed by atoms with Crippen LogP contribution < -0.4 is 10.6 Å². The van der Waals surface area contributed by atoms with Crippen LogP contribution in [0.5, 0.6) is 0 Å². The van der Waals surface area contributed by atoms with E-state index in [1.165, 1.54) is 0 Å². The Morgan fingerprint density at radius 3 is 2.79 bits per heavy atom. The van der Waals surface area contributed by atoms with Gasteiger partial charge in [-0.05, 0) is 35.8 Å². The number of aromatic nitrogens is 1. The fourth-order valence-electron chi connectivity index (χ4n) is 1.40. The molecule has 2 N–H and O–H groups in total. The van der Waals surface area contributed by atoms with Gasteiger partial charge in [-0.15, -0.1) is 0 Å². The average Bonchev–Trinajstić information content (AvgIpc) is 2.15. The van der Waals surface area contributed by atoms with Gasteiger partial charge >= 0.3 is 0 Å². The first-order chi connectivity index (χ1) is 6.66. The van der Waals surface area contributed by atoms with Gasteiger partial charge in [-0.2, -0.15) is 0 Å². The number of nitrogens with zero attached hydrogens (tertiary/aromatic N) is 2. The first-order valence-electron chi connectivity index (χ1n) is 4.73. The maximum atomic E-state index is 5.58. The van der Waals surface area contributed by atoms with Gasteiger partial charge in [-0.3, -0.25) is 4.98 Å². The fourth-order valence-corrected chi connectivity index (χ4v) is 1.87. The number of pyridine rings is 1. The van der Waals surface area contributed by atoms with Crippen LogP contribution in [0, 0.1) is 0 Å². The predicted octanol–water partition coefficient (Wildman–Crippen LogP) is 2.02. The molecule has 1 aromatic heterocycles. The van der Waals surface area contributed by atoms with Crippen LogP contribution in [0.1, 0.15) is 13.8 Å². The van der Waals surface area contributed by atoms with Crippen molar-refractivity contribution < 1.29 is 0 Å². The maximum absolute atomic E-state index is 5.58. The zero-order chi connectivity index (χ0) is 10.6. The molecule has 0 aliphatic rings. The zero-order valence-electron chi connectivity index (χ0n) is 8.57. The molecule has 0 amide bonds. The van der Waals surface area contributed by atoms with Gasteiger partial charge in [0.2, 0.25) is 0 Å². The maximum Gasteiger partial charge on any atom is 0.0592 e. The molecule has 0 unspecified atom stereocenters. The third-order valence-corrected chi connectivity index (χ3v) is 2.66. The third-order valence-electron chi connectivity index (χ3n) is 2.05. The zero-order valence-corrected chi connectivity index (χ0v) is 10.2. The second-order valence-electron chi connectivity index (χ2n) is 3.40. The van der Waals surface area contributed by atoms with Crippen molar-refractivity contribution in [2.45, 2.75) is 19.9 Å². The van der Waals surface area contributed by atoms with E-state index in [0.717, 1.165) is 16.7 Å². The Morgan fingerprint density at radius 2 is 2.29 bits per heavy atom. The summed E-state index contributed by atoms with van der Waals surface area (Å²) in [6.07, 6.45) is 3.60. The lowest BCUT2D eigenvalue weighted by atomic mass is 10.2. The van der Waals surface area contributed by atoms with Crippen LogP contribution in [-0.4, -0.2) is 24.1 Å². The smallest absolute Gasteiger partial charge is 0.0592 e. The Hall–Kier alpha value is -0.610. The Morgan fingerprint density at radius 1 is 1.57 bits per heavy atom. The first-order valence-corrected chi connectivity index (χ1v) is 5.52. The highest BCUT2D eigenvalue weighted by Gasteiger charge is 2.11. The molecule has 14 heavy (non-hydrogen) atoms. The van der Waals surface area contributed by atoms with Gasteiger partial charge in [0.15, 0.2) is 0 Å². The van der Waals surface area contributed by atoms with Crippen LogP contribution >= 0.6 is 15.9 Å². The summed E-state index contributed by atoms with van der Waals surface area (Å²) in [5.41, 5.74) is 6.74. The normalized spacial score (nSPS) is 10.6. The van der Waals surface area contributed by atoms with Gasteiger partial charge in [-0.25, -0.2) is 0 Å². The molecule has 78 valence electrons. The number of halogens is 1. The molecule has 0 fully saturated rings. The van der Waals surface area contributed by atoms with E-state index in [1.807, 2.05) is 6.07 Å². The van der Waals surface area contributed by atoms with Crippen molar-refractivity contribution in [3.05, 3.63) is 22.9 Å². The monoisotopic (exact) mass is 257 g/mol. The molecule has 0 spiro atoms. The van der Waals surface area contributed by atoms with E-state index >= 15 is 0 Å². The molecule has 0 aromatic carbocycles. The van der Waals surface area contributed by atoms with Crippen molar-refractivity contribution in [2.24, 2.45) is 5.73 Å². The van der Waals surface area contributed by atoms with Crippen LogP contribution in [0.4, 0.5) is 5.69 Å². The predicted molar refractivity (Wildman–Crippen MR) is 63.5 cm³/mol. The summed E-state index contributed by atoms with van der Waals surface area (Å²) in [5.74, 6) is 0. The minimum Gasteiger partial charge on any atom is -0.367 e. The number of anilines is 1. The van der Waals surface area contributed by atoms with Gasteiger partial charge in [0, 0.05) is 31.5 Å². The van der Waals surface area contributed by atoms with Crippen LogP contribution in [0.2, 0.25) is 0 Å². The van der Waals surface area contributed by atoms with Gasteiger partial charge in [0.1, 0.15) is 0 Å². The molecule has 0 atom stereocenters. The molecular weight excluding hydrogens is 242 g/mol. The minimum atomic E-state index is 0.442. The molecule has 1 heterocycles. The Bertz CT molecular complexity index is 288. The van der Waals surface area contributed by atoms with Gasteiger partial charge < -0.3 is 10.6 Å². The SMILES string of the molecule is CC(C)N(CCN)c1ccncc1Br. The van der Waals surface area contributed by atoms with E-state index in [0.29, 0.717) is 12.6 Å². The van der Waals surface area contributed by atoms with E-state index in [9.17, 15) is 0 Å². The standard InChI is InChI=1S/C10H16BrN3/c1-8(2)14(6-4-12)10-3-5-13-7-9(10)11/h3,5,7-8H,4,6,12H2,1-2H3. The Balaban J connectivity index is 2.93. The second-order valence-corrected chi connectivity index (χ2v) is 4.26. The molecule has 0 bridgehead atoms. The molecule has 3 nitrogen and oxygen atoms in total. The molecule has 1 rings (SSSR count). The highest BCUT2D eigenvalue weighted by Crippen LogP contribution is 2.25. The molecule has 0 radical (unpaired) electrons. The number of hydrogen-bond donors (Lipinski definition) is 1. The summed E-state index contributed by atoms with van der Waals surface area (Å²) < 4.78 is 1.02. The van der Waals surface area contributed by atoms with E-state index in [-0.39, 0.29) is 0 Å². The highest BCUT2D eigenvalue weighted by molar-refractivity contribution is 9.10. The van der Waals surface area contributed by atoms with Crippen molar-refractivity contribution in [1.82, 2.24) is 4.98 Å². The molecule has 0 saturated carbocycles. The van der Waals surface area contributed by atoms with Crippen molar-refractivity contribution in [3.63, 3.8) is 0 Å². The third kappa shape index (κ3) is 2.69. The summed E-state index contributed by atoms with van der Waals surface area (Å²) in [6, 6.07) is 2.44. The molecular formula is C10H16BrN3. The number of rotatable bonds is 4. The average molecular weight is 258 g/mol. The van der Waals surface area contributed by atoms with E-state index in [1.54, 1.807) is 12.4 Å². The number of nitrogens with two attached hydrogens (primary N) is 1. The van der Waals surface area contributed by atoms with Crippen LogP contribution in [0.3, 0.4) is 0 Å². The second kappa shape index (κ2) is 5.32.